The predicted molar refractivity (Wildman–Crippen MR) is 84.8 cm³/mol. The summed E-state index contributed by atoms with van der Waals surface area (Å²) < 4.78 is 7.42. The Kier molecular flexibility index (Phi) is 5.93. The van der Waals surface area contributed by atoms with Gasteiger partial charge in [0.05, 0.1) is 10.8 Å². The Hall–Kier alpha value is -1.44. The molecule has 2 aromatic rings. The molecule has 6 nitrogen and oxygen atoms in total. The molecular formula is C13H13Cl2N3O3S. The van der Waals surface area contributed by atoms with E-state index in [2.05, 4.69) is 10.2 Å². The van der Waals surface area contributed by atoms with Gasteiger partial charge in [0.15, 0.2) is 11.0 Å². The third-order valence-electron chi connectivity index (χ3n) is 2.68. The van der Waals surface area contributed by atoms with E-state index in [0.717, 1.165) is 11.8 Å². The SMILES string of the molecule is CCn1c(COc2cc(Cl)ccc2Cl)nnc1SCC(=O)O. The second-order valence-electron chi connectivity index (χ2n) is 4.19. The number of rotatable bonds is 7. The minimum atomic E-state index is -0.904. The van der Waals surface area contributed by atoms with Crippen molar-refractivity contribution in [3.8, 4) is 5.75 Å². The molecule has 118 valence electrons. The Morgan fingerprint density at radius 2 is 2.18 bits per heavy atom. The van der Waals surface area contributed by atoms with Crippen molar-refractivity contribution >= 4 is 40.9 Å². The van der Waals surface area contributed by atoms with E-state index in [9.17, 15) is 4.79 Å². The zero-order chi connectivity index (χ0) is 16.1. The van der Waals surface area contributed by atoms with Crippen LogP contribution in [0.2, 0.25) is 10.0 Å². The zero-order valence-electron chi connectivity index (χ0n) is 11.6. The number of halogens is 2. The zero-order valence-corrected chi connectivity index (χ0v) is 14.0. The average Bonchev–Trinajstić information content (AvgIpc) is 2.88. The summed E-state index contributed by atoms with van der Waals surface area (Å²) in [5, 5.41) is 18.3. The van der Waals surface area contributed by atoms with Crippen LogP contribution in [0.4, 0.5) is 0 Å². The number of nitrogens with zero attached hydrogens (tertiary/aromatic N) is 3. The van der Waals surface area contributed by atoms with Crippen LogP contribution < -0.4 is 4.74 Å². The van der Waals surface area contributed by atoms with E-state index >= 15 is 0 Å². The summed E-state index contributed by atoms with van der Waals surface area (Å²) in [5.41, 5.74) is 0. The van der Waals surface area contributed by atoms with Crippen molar-refractivity contribution in [2.24, 2.45) is 0 Å². The van der Waals surface area contributed by atoms with E-state index in [4.69, 9.17) is 33.0 Å². The molecule has 1 aromatic carbocycles. The molecule has 9 heteroatoms. The van der Waals surface area contributed by atoms with Gasteiger partial charge in [0.25, 0.3) is 0 Å². The predicted octanol–water partition coefficient (Wildman–Crippen LogP) is 3.36. The first kappa shape index (κ1) is 16.9. The lowest BCUT2D eigenvalue weighted by Gasteiger charge is -2.09. The summed E-state index contributed by atoms with van der Waals surface area (Å²) in [7, 11) is 0. The fourth-order valence-electron chi connectivity index (χ4n) is 1.71. The van der Waals surface area contributed by atoms with Crippen molar-refractivity contribution in [3.63, 3.8) is 0 Å². The van der Waals surface area contributed by atoms with Gasteiger partial charge in [-0.1, -0.05) is 35.0 Å². The third-order valence-corrected chi connectivity index (χ3v) is 4.18. The van der Waals surface area contributed by atoms with Crippen molar-refractivity contribution in [3.05, 3.63) is 34.1 Å². The van der Waals surface area contributed by atoms with E-state index < -0.39 is 5.97 Å². The third kappa shape index (κ3) is 4.28. The minimum absolute atomic E-state index is 0.0703. The number of ether oxygens (including phenoxy) is 1. The molecule has 0 saturated carbocycles. The Morgan fingerprint density at radius 3 is 2.86 bits per heavy atom. The molecule has 0 amide bonds. The maximum atomic E-state index is 10.6. The number of hydrogen-bond acceptors (Lipinski definition) is 5. The number of hydrogen-bond donors (Lipinski definition) is 1. The van der Waals surface area contributed by atoms with Crippen LogP contribution in [0.1, 0.15) is 12.7 Å². The fraction of sp³-hybridized carbons (Fsp3) is 0.308. The van der Waals surface area contributed by atoms with Crippen LogP contribution in [0.5, 0.6) is 5.75 Å². The summed E-state index contributed by atoms with van der Waals surface area (Å²) in [6.07, 6.45) is 0. The summed E-state index contributed by atoms with van der Waals surface area (Å²) in [4.78, 5) is 10.6. The summed E-state index contributed by atoms with van der Waals surface area (Å²) >= 11 is 13.0. The van der Waals surface area contributed by atoms with Crippen molar-refractivity contribution in [1.82, 2.24) is 14.8 Å². The van der Waals surface area contributed by atoms with Gasteiger partial charge >= 0.3 is 5.97 Å². The van der Waals surface area contributed by atoms with Crippen LogP contribution in [0.25, 0.3) is 0 Å². The molecule has 1 heterocycles. The first-order valence-corrected chi connectivity index (χ1v) is 8.10. The Bertz CT molecular complexity index is 679. The second kappa shape index (κ2) is 7.71. The molecule has 0 aliphatic heterocycles. The summed E-state index contributed by atoms with van der Waals surface area (Å²) in [5.74, 6) is 0.0733. The van der Waals surface area contributed by atoms with Crippen LogP contribution in [0.3, 0.4) is 0 Å². The van der Waals surface area contributed by atoms with Gasteiger partial charge in [-0.3, -0.25) is 4.79 Å². The molecule has 0 saturated heterocycles. The molecule has 1 N–H and O–H groups in total. The van der Waals surface area contributed by atoms with Crippen molar-refractivity contribution < 1.29 is 14.6 Å². The molecular weight excluding hydrogens is 349 g/mol. The number of carboxylic acid groups (broad SMARTS) is 1. The maximum Gasteiger partial charge on any atom is 0.313 e. The number of aromatic nitrogens is 3. The van der Waals surface area contributed by atoms with Crippen LogP contribution >= 0.6 is 35.0 Å². The molecule has 0 radical (unpaired) electrons. The highest BCUT2D eigenvalue weighted by atomic mass is 35.5. The van der Waals surface area contributed by atoms with Gasteiger partial charge < -0.3 is 14.4 Å². The van der Waals surface area contributed by atoms with Gasteiger partial charge in [0, 0.05) is 17.6 Å². The highest BCUT2D eigenvalue weighted by Crippen LogP contribution is 2.28. The lowest BCUT2D eigenvalue weighted by atomic mass is 10.3. The Balaban J connectivity index is 2.09. The van der Waals surface area contributed by atoms with Gasteiger partial charge in [-0.2, -0.15) is 0 Å². The summed E-state index contributed by atoms with van der Waals surface area (Å²) in [6, 6.07) is 4.94. The van der Waals surface area contributed by atoms with E-state index in [1.165, 1.54) is 0 Å². The average molecular weight is 362 g/mol. The molecule has 0 atom stereocenters. The van der Waals surface area contributed by atoms with Crippen molar-refractivity contribution in [2.75, 3.05) is 5.75 Å². The second-order valence-corrected chi connectivity index (χ2v) is 5.98. The molecule has 0 aliphatic carbocycles. The quantitative estimate of drug-likeness (QED) is 0.761. The van der Waals surface area contributed by atoms with Crippen LogP contribution in [-0.4, -0.2) is 31.6 Å². The first-order valence-electron chi connectivity index (χ1n) is 6.35. The van der Waals surface area contributed by atoms with E-state index in [0.29, 0.717) is 33.3 Å². The molecule has 1 aromatic heterocycles. The van der Waals surface area contributed by atoms with E-state index in [-0.39, 0.29) is 12.4 Å². The lowest BCUT2D eigenvalue weighted by Crippen LogP contribution is -2.08. The molecule has 0 fully saturated rings. The van der Waals surface area contributed by atoms with Crippen molar-refractivity contribution in [1.29, 1.82) is 0 Å². The lowest BCUT2D eigenvalue weighted by molar-refractivity contribution is -0.133. The van der Waals surface area contributed by atoms with E-state index in [1.807, 2.05) is 6.92 Å². The Morgan fingerprint density at radius 1 is 1.41 bits per heavy atom. The molecule has 0 unspecified atom stereocenters. The first-order chi connectivity index (χ1) is 10.5. The molecule has 0 bridgehead atoms. The highest BCUT2D eigenvalue weighted by molar-refractivity contribution is 7.99. The number of thioether (sulfide) groups is 1. The van der Waals surface area contributed by atoms with Gasteiger partial charge in [0.1, 0.15) is 12.4 Å². The standard InChI is InChI=1S/C13H13Cl2N3O3S/c1-2-18-11(16-17-13(18)22-7-12(19)20)6-21-10-5-8(14)3-4-9(10)15/h3-5H,2,6-7H2,1H3,(H,19,20). The van der Waals surface area contributed by atoms with Gasteiger partial charge in [-0.05, 0) is 19.1 Å². The number of benzene rings is 1. The van der Waals surface area contributed by atoms with Crippen molar-refractivity contribution in [2.45, 2.75) is 25.2 Å². The van der Waals surface area contributed by atoms with Crippen LogP contribution in [0.15, 0.2) is 23.4 Å². The van der Waals surface area contributed by atoms with Gasteiger partial charge in [0.2, 0.25) is 0 Å². The monoisotopic (exact) mass is 361 g/mol. The Labute approximate surface area is 141 Å². The number of aliphatic carboxylic acids is 1. The van der Waals surface area contributed by atoms with Crippen LogP contribution in [-0.2, 0) is 17.9 Å². The van der Waals surface area contributed by atoms with E-state index in [1.54, 1.807) is 22.8 Å². The van der Waals surface area contributed by atoms with Crippen LogP contribution in [0, 0.1) is 0 Å². The molecule has 2 rings (SSSR count). The van der Waals surface area contributed by atoms with Gasteiger partial charge in [-0.25, -0.2) is 0 Å². The molecule has 22 heavy (non-hydrogen) atoms. The summed E-state index contributed by atoms with van der Waals surface area (Å²) in [6.45, 7) is 2.69. The normalized spacial score (nSPS) is 10.7. The minimum Gasteiger partial charge on any atom is -0.484 e. The smallest absolute Gasteiger partial charge is 0.313 e. The fourth-order valence-corrected chi connectivity index (χ4v) is 2.78. The highest BCUT2D eigenvalue weighted by Gasteiger charge is 2.14. The number of carboxylic acids is 1. The van der Waals surface area contributed by atoms with Gasteiger partial charge in [-0.15, -0.1) is 10.2 Å². The largest absolute Gasteiger partial charge is 0.484 e. The topological polar surface area (TPSA) is 77.2 Å². The maximum absolute atomic E-state index is 10.6. The molecule has 0 spiro atoms. The molecule has 0 aliphatic rings. The number of carbonyl (C=O) groups is 1.